The maximum absolute atomic E-state index is 11.5. The van der Waals surface area contributed by atoms with Gasteiger partial charge in [-0.1, -0.05) is 6.92 Å². The average Bonchev–Trinajstić information content (AvgIpc) is 2.83. The van der Waals surface area contributed by atoms with E-state index in [2.05, 4.69) is 27.2 Å². The molecule has 1 atom stereocenters. The lowest BCUT2D eigenvalue weighted by molar-refractivity contribution is 0.854. The molecule has 2 N–H and O–H groups in total. The third-order valence-corrected chi connectivity index (χ3v) is 4.77. The minimum Gasteiger partial charge on any atom is -0.360 e. The molecule has 1 unspecified atom stereocenters. The number of rotatable bonds is 4. The molecule has 2 aromatic heterocycles. The maximum atomic E-state index is 11.5. The molecule has 0 saturated carbocycles. The second-order valence-corrected chi connectivity index (χ2v) is 6.00. The molecule has 0 aliphatic carbocycles. The van der Waals surface area contributed by atoms with Crippen LogP contribution >= 0.6 is 33.9 Å². The Balaban J connectivity index is 2.18. The predicted octanol–water partition coefficient (Wildman–Crippen LogP) is 2.57. The van der Waals surface area contributed by atoms with Crippen LogP contribution in [0, 0.1) is 3.57 Å². The zero-order valence-electron chi connectivity index (χ0n) is 10.0. The zero-order chi connectivity index (χ0) is 13.1. The third-order valence-electron chi connectivity index (χ3n) is 2.44. The third kappa shape index (κ3) is 2.89. The van der Waals surface area contributed by atoms with Crippen LogP contribution in [0.5, 0.6) is 0 Å². The number of aromatic amines is 1. The molecule has 2 rings (SSSR count). The highest BCUT2D eigenvalue weighted by Gasteiger charge is 2.13. The Kier molecular flexibility index (Phi) is 4.33. The van der Waals surface area contributed by atoms with Gasteiger partial charge in [0.15, 0.2) is 0 Å². The lowest BCUT2D eigenvalue weighted by Gasteiger charge is -2.12. The van der Waals surface area contributed by atoms with Crippen LogP contribution in [0.25, 0.3) is 0 Å². The van der Waals surface area contributed by atoms with Crippen molar-refractivity contribution in [2.24, 2.45) is 0 Å². The smallest absolute Gasteiger partial charge is 0.266 e. The summed E-state index contributed by atoms with van der Waals surface area (Å²) >= 11 is 3.66. The summed E-state index contributed by atoms with van der Waals surface area (Å²) in [4.78, 5) is 23.8. The number of thiazole rings is 1. The zero-order valence-corrected chi connectivity index (χ0v) is 13.0. The number of anilines is 1. The fourth-order valence-corrected chi connectivity index (χ4v) is 2.75. The highest BCUT2D eigenvalue weighted by molar-refractivity contribution is 14.1. The van der Waals surface area contributed by atoms with Crippen LogP contribution in [0.1, 0.15) is 29.8 Å². The van der Waals surface area contributed by atoms with Crippen LogP contribution in [0.15, 0.2) is 17.3 Å². The van der Waals surface area contributed by atoms with Gasteiger partial charge in [-0.2, -0.15) is 0 Å². The van der Waals surface area contributed by atoms with Crippen molar-refractivity contribution in [3.63, 3.8) is 0 Å². The Hall–Kier alpha value is -0.960. The van der Waals surface area contributed by atoms with Gasteiger partial charge in [0.25, 0.3) is 5.56 Å². The molecule has 2 heterocycles. The summed E-state index contributed by atoms with van der Waals surface area (Å²) in [6, 6.07) is 0.0399. The molecular weight excluding hydrogens is 363 g/mol. The normalized spacial score (nSPS) is 12.4. The van der Waals surface area contributed by atoms with E-state index in [1.807, 2.05) is 35.7 Å². The van der Waals surface area contributed by atoms with Crippen molar-refractivity contribution in [3.05, 3.63) is 36.3 Å². The van der Waals surface area contributed by atoms with Crippen LogP contribution in [-0.2, 0) is 6.42 Å². The maximum Gasteiger partial charge on any atom is 0.266 e. The second-order valence-electron chi connectivity index (χ2n) is 3.78. The van der Waals surface area contributed by atoms with Gasteiger partial charge in [0.2, 0.25) is 0 Å². The van der Waals surface area contributed by atoms with Crippen LogP contribution in [0.4, 0.5) is 5.82 Å². The molecule has 2 aromatic rings. The quantitative estimate of drug-likeness (QED) is 0.805. The van der Waals surface area contributed by atoms with E-state index in [0.717, 1.165) is 11.4 Å². The van der Waals surface area contributed by atoms with Crippen LogP contribution in [0.3, 0.4) is 0 Å². The summed E-state index contributed by atoms with van der Waals surface area (Å²) in [5, 5.41) is 4.22. The van der Waals surface area contributed by atoms with Crippen molar-refractivity contribution < 1.29 is 0 Å². The van der Waals surface area contributed by atoms with E-state index in [-0.39, 0.29) is 11.6 Å². The highest BCUT2D eigenvalue weighted by Crippen LogP contribution is 2.24. The highest BCUT2D eigenvalue weighted by atomic mass is 127. The molecule has 0 radical (unpaired) electrons. The second kappa shape index (κ2) is 5.79. The van der Waals surface area contributed by atoms with E-state index >= 15 is 0 Å². The lowest BCUT2D eigenvalue weighted by atomic mass is 10.3. The van der Waals surface area contributed by atoms with E-state index in [0.29, 0.717) is 9.39 Å². The molecule has 0 spiro atoms. The number of hydrogen-bond donors (Lipinski definition) is 2. The van der Waals surface area contributed by atoms with Crippen molar-refractivity contribution >= 4 is 39.7 Å². The minimum atomic E-state index is -0.131. The standard InChI is InChI=1S/C11H13IN4OS/c1-3-7-4-13-11(18-7)6(2)16-9-8(12)10(17)15-5-14-9/h4-6H,3H2,1-2H3,(H2,14,15,16,17). The fraction of sp³-hybridized carbons (Fsp3) is 0.364. The SMILES string of the molecule is CCc1cnc(C(C)Nc2nc[nH]c(=O)c2I)s1. The summed E-state index contributed by atoms with van der Waals surface area (Å²) in [6.07, 6.45) is 4.29. The van der Waals surface area contributed by atoms with Gasteiger partial charge in [0, 0.05) is 11.1 Å². The largest absolute Gasteiger partial charge is 0.360 e. The summed E-state index contributed by atoms with van der Waals surface area (Å²) < 4.78 is 0.564. The molecule has 0 bridgehead atoms. The number of aryl methyl sites for hydroxylation is 1. The van der Waals surface area contributed by atoms with Gasteiger partial charge < -0.3 is 10.3 Å². The van der Waals surface area contributed by atoms with Crippen LogP contribution in [-0.4, -0.2) is 15.0 Å². The number of H-pyrrole nitrogens is 1. The van der Waals surface area contributed by atoms with E-state index in [4.69, 9.17) is 0 Å². The summed E-state index contributed by atoms with van der Waals surface area (Å²) in [5.41, 5.74) is -0.131. The topological polar surface area (TPSA) is 70.7 Å². The Morgan fingerprint density at radius 3 is 3.00 bits per heavy atom. The molecule has 0 aliphatic heterocycles. The minimum absolute atomic E-state index is 0.0399. The van der Waals surface area contributed by atoms with E-state index in [1.165, 1.54) is 11.2 Å². The van der Waals surface area contributed by atoms with Gasteiger partial charge in [0.05, 0.1) is 12.4 Å². The first-order valence-corrected chi connectivity index (χ1v) is 7.45. The average molecular weight is 376 g/mol. The Morgan fingerprint density at radius 1 is 1.56 bits per heavy atom. The number of aromatic nitrogens is 3. The summed E-state index contributed by atoms with van der Waals surface area (Å²) in [7, 11) is 0. The van der Waals surface area contributed by atoms with Gasteiger partial charge in [0.1, 0.15) is 14.4 Å². The fourth-order valence-electron chi connectivity index (χ4n) is 1.44. The summed E-state index contributed by atoms with van der Waals surface area (Å²) in [5.74, 6) is 0.597. The van der Waals surface area contributed by atoms with Crippen molar-refractivity contribution in [3.8, 4) is 0 Å². The lowest BCUT2D eigenvalue weighted by Crippen LogP contribution is -2.16. The first-order chi connectivity index (χ1) is 8.61. The van der Waals surface area contributed by atoms with Gasteiger partial charge >= 0.3 is 0 Å². The Bertz CT molecular complexity index is 595. The first kappa shape index (κ1) is 13.5. The molecule has 5 nitrogen and oxygen atoms in total. The molecule has 0 fully saturated rings. The molecule has 0 aliphatic rings. The molecule has 0 aromatic carbocycles. The number of hydrogen-bond acceptors (Lipinski definition) is 5. The first-order valence-electron chi connectivity index (χ1n) is 5.56. The van der Waals surface area contributed by atoms with Crippen molar-refractivity contribution in [1.82, 2.24) is 15.0 Å². The molecule has 18 heavy (non-hydrogen) atoms. The Morgan fingerprint density at radius 2 is 2.33 bits per heavy atom. The number of nitrogens with zero attached hydrogens (tertiary/aromatic N) is 2. The van der Waals surface area contributed by atoms with E-state index in [1.54, 1.807) is 11.3 Å². The van der Waals surface area contributed by atoms with E-state index < -0.39 is 0 Å². The van der Waals surface area contributed by atoms with Gasteiger partial charge in [-0.15, -0.1) is 11.3 Å². The van der Waals surface area contributed by atoms with Crippen LogP contribution < -0.4 is 10.9 Å². The number of nitrogens with one attached hydrogen (secondary N) is 2. The van der Waals surface area contributed by atoms with Crippen molar-refractivity contribution in [2.75, 3.05) is 5.32 Å². The van der Waals surface area contributed by atoms with E-state index in [9.17, 15) is 4.79 Å². The molecule has 0 amide bonds. The van der Waals surface area contributed by atoms with Crippen LogP contribution in [0.2, 0.25) is 0 Å². The Labute approximate surface area is 122 Å². The molecule has 96 valence electrons. The van der Waals surface area contributed by atoms with Gasteiger partial charge in [-0.05, 0) is 35.9 Å². The molecule has 7 heteroatoms. The number of halogens is 1. The van der Waals surface area contributed by atoms with Crippen molar-refractivity contribution in [1.29, 1.82) is 0 Å². The monoisotopic (exact) mass is 376 g/mol. The molecular formula is C11H13IN4OS. The summed E-state index contributed by atoms with van der Waals surface area (Å²) in [6.45, 7) is 4.12. The predicted molar refractivity (Wildman–Crippen MR) is 81.1 cm³/mol. The van der Waals surface area contributed by atoms with Gasteiger partial charge in [-0.3, -0.25) is 4.79 Å². The molecule has 0 saturated heterocycles. The van der Waals surface area contributed by atoms with Gasteiger partial charge in [-0.25, -0.2) is 9.97 Å². The van der Waals surface area contributed by atoms with Crippen molar-refractivity contribution in [2.45, 2.75) is 26.3 Å².